The summed E-state index contributed by atoms with van der Waals surface area (Å²) in [5, 5.41) is 10.2. The van der Waals surface area contributed by atoms with E-state index in [0.29, 0.717) is 5.88 Å². The molecule has 0 spiro atoms. The Balaban J connectivity index is 2.73. The maximum atomic E-state index is 9.12. The fourth-order valence-corrected chi connectivity index (χ4v) is 1.50. The second-order valence-electron chi connectivity index (χ2n) is 2.81. The number of para-hydroxylation sites is 1. The van der Waals surface area contributed by atoms with Crippen LogP contribution in [0.15, 0.2) is 30.3 Å². The lowest BCUT2D eigenvalue weighted by Gasteiger charge is -2.04. The van der Waals surface area contributed by atoms with Crippen molar-refractivity contribution in [2.45, 2.75) is 6.73 Å². The standard InChI is InChI=1S/C10H11NO2/c1-13-10-6-8-4-2-3-5-9(8)11(10)7-12/h2-6,12H,7H2,1H3. The lowest BCUT2D eigenvalue weighted by Crippen LogP contribution is -1.98. The molecule has 0 atom stereocenters. The lowest BCUT2D eigenvalue weighted by molar-refractivity contribution is 0.199. The number of hydrogen-bond acceptors (Lipinski definition) is 2. The number of aromatic nitrogens is 1. The van der Waals surface area contributed by atoms with E-state index in [0.717, 1.165) is 10.9 Å². The Morgan fingerprint density at radius 1 is 1.38 bits per heavy atom. The molecule has 0 radical (unpaired) electrons. The van der Waals surface area contributed by atoms with Crippen LogP contribution in [0.4, 0.5) is 0 Å². The van der Waals surface area contributed by atoms with E-state index in [9.17, 15) is 0 Å². The highest BCUT2D eigenvalue weighted by atomic mass is 16.5. The molecule has 13 heavy (non-hydrogen) atoms. The van der Waals surface area contributed by atoms with Crippen LogP contribution in [-0.2, 0) is 6.73 Å². The first-order chi connectivity index (χ1) is 6.36. The van der Waals surface area contributed by atoms with Crippen molar-refractivity contribution < 1.29 is 9.84 Å². The lowest BCUT2D eigenvalue weighted by atomic mass is 10.2. The van der Waals surface area contributed by atoms with E-state index in [2.05, 4.69) is 0 Å². The summed E-state index contributed by atoms with van der Waals surface area (Å²) in [7, 11) is 1.60. The van der Waals surface area contributed by atoms with E-state index < -0.39 is 0 Å². The second kappa shape index (κ2) is 3.11. The Hall–Kier alpha value is -1.48. The molecule has 3 heteroatoms. The molecule has 1 N–H and O–H groups in total. The van der Waals surface area contributed by atoms with Gasteiger partial charge in [0, 0.05) is 11.5 Å². The number of aliphatic hydroxyl groups excluding tert-OH is 1. The molecule has 1 aromatic carbocycles. The van der Waals surface area contributed by atoms with Crippen molar-refractivity contribution in [2.75, 3.05) is 7.11 Å². The molecule has 0 amide bonds. The van der Waals surface area contributed by atoms with Crippen molar-refractivity contribution in [1.29, 1.82) is 0 Å². The van der Waals surface area contributed by atoms with Gasteiger partial charge in [-0.2, -0.15) is 0 Å². The van der Waals surface area contributed by atoms with Gasteiger partial charge < -0.3 is 9.84 Å². The average molecular weight is 177 g/mol. The van der Waals surface area contributed by atoms with Crippen LogP contribution < -0.4 is 4.74 Å². The van der Waals surface area contributed by atoms with E-state index in [1.165, 1.54) is 0 Å². The summed E-state index contributed by atoms with van der Waals surface area (Å²) in [6.45, 7) is -0.0588. The first kappa shape index (κ1) is 8.13. The molecule has 0 aliphatic heterocycles. The molecule has 0 aliphatic carbocycles. The minimum Gasteiger partial charge on any atom is -0.482 e. The number of fused-ring (bicyclic) bond motifs is 1. The normalized spacial score (nSPS) is 10.6. The molecule has 0 saturated carbocycles. The molecular formula is C10H11NO2. The first-order valence-electron chi connectivity index (χ1n) is 4.10. The van der Waals surface area contributed by atoms with Crippen LogP contribution >= 0.6 is 0 Å². The number of rotatable bonds is 2. The molecule has 68 valence electrons. The minimum atomic E-state index is -0.0588. The van der Waals surface area contributed by atoms with E-state index >= 15 is 0 Å². The number of hydrogen-bond donors (Lipinski definition) is 1. The van der Waals surface area contributed by atoms with E-state index in [1.807, 2.05) is 30.3 Å². The van der Waals surface area contributed by atoms with Gasteiger partial charge in [-0.1, -0.05) is 18.2 Å². The van der Waals surface area contributed by atoms with Gasteiger partial charge in [0.15, 0.2) is 5.88 Å². The SMILES string of the molecule is COc1cc2ccccc2n1CO. The molecule has 2 rings (SSSR count). The number of ether oxygens (including phenoxy) is 1. The largest absolute Gasteiger partial charge is 0.482 e. The van der Waals surface area contributed by atoms with Crippen LogP contribution in [0.25, 0.3) is 10.9 Å². The highest BCUT2D eigenvalue weighted by Gasteiger charge is 2.06. The van der Waals surface area contributed by atoms with Crippen LogP contribution in [0.1, 0.15) is 0 Å². The van der Waals surface area contributed by atoms with Gasteiger partial charge in [0.05, 0.1) is 12.6 Å². The van der Waals surface area contributed by atoms with Crippen molar-refractivity contribution in [3.05, 3.63) is 30.3 Å². The number of benzene rings is 1. The summed E-state index contributed by atoms with van der Waals surface area (Å²) in [6, 6.07) is 9.75. The van der Waals surface area contributed by atoms with Gasteiger partial charge in [0.25, 0.3) is 0 Å². The Bertz CT molecular complexity index is 420. The summed E-state index contributed by atoms with van der Waals surface area (Å²) in [4.78, 5) is 0. The Morgan fingerprint density at radius 3 is 2.85 bits per heavy atom. The zero-order valence-corrected chi connectivity index (χ0v) is 7.40. The maximum Gasteiger partial charge on any atom is 0.196 e. The van der Waals surface area contributed by atoms with Gasteiger partial charge in [-0.3, -0.25) is 4.57 Å². The minimum absolute atomic E-state index is 0.0588. The molecule has 0 aliphatic rings. The molecule has 0 fully saturated rings. The van der Waals surface area contributed by atoms with Gasteiger partial charge in [-0.15, -0.1) is 0 Å². The van der Waals surface area contributed by atoms with Gasteiger partial charge in [-0.25, -0.2) is 0 Å². The zero-order chi connectivity index (χ0) is 9.26. The molecule has 0 bridgehead atoms. The van der Waals surface area contributed by atoms with Gasteiger partial charge >= 0.3 is 0 Å². The van der Waals surface area contributed by atoms with Crippen molar-refractivity contribution in [3.63, 3.8) is 0 Å². The monoisotopic (exact) mass is 177 g/mol. The van der Waals surface area contributed by atoms with Crippen LogP contribution in [0.2, 0.25) is 0 Å². The summed E-state index contributed by atoms with van der Waals surface area (Å²) in [5.74, 6) is 0.684. The Labute approximate surface area is 76.2 Å². The van der Waals surface area contributed by atoms with E-state index in [1.54, 1.807) is 11.7 Å². The van der Waals surface area contributed by atoms with Crippen molar-refractivity contribution >= 4 is 10.9 Å². The summed E-state index contributed by atoms with van der Waals surface area (Å²) < 4.78 is 6.84. The zero-order valence-electron chi connectivity index (χ0n) is 7.40. The summed E-state index contributed by atoms with van der Waals surface area (Å²) in [5.41, 5.74) is 0.988. The van der Waals surface area contributed by atoms with Crippen LogP contribution in [-0.4, -0.2) is 16.8 Å². The smallest absolute Gasteiger partial charge is 0.196 e. The molecule has 0 unspecified atom stereocenters. The number of nitrogens with zero attached hydrogens (tertiary/aromatic N) is 1. The van der Waals surface area contributed by atoms with Crippen molar-refractivity contribution in [2.24, 2.45) is 0 Å². The third-order valence-corrected chi connectivity index (χ3v) is 2.12. The van der Waals surface area contributed by atoms with Crippen LogP contribution in [0, 0.1) is 0 Å². The van der Waals surface area contributed by atoms with Gasteiger partial charge in [0.1, 0.15) is 6.73 Å². The van der Waals surface area contributed by atoms with Gasteiger partial charge in [-0.05, 0) is 6.07 Å². The quantitative estimate of drug-likeness (QED) is 0.756. The fraction of sp³-hybridized carbons (Fsp3) is 0.200. The molecule has 1 heterocycles. The highest BCUT2D eigenvalue weighted by Crippen LogP contribution is 2.24. The van der Waals surface area contributed by atoms with Crippen molar-refractivity contribution in [3.8, 4) is 5.88 Å². The molecule has 1 aromatic heterocycles. The predicted molar refractivity (Wildman–Crippen MR) is 50.7 cm³/mol. The molecule has 3 nitrogen and oxygen atoms in total. The molecular weight excluding hydrogens is 166 g/mol. The van der Waals surface area contributed by atoms with Crippen molar-refractivity contribution in [1.82, 2.24) is 4.57 Å². The summed E-state index contributed by atoms with van der Waals surface area (Å²) >= 11 is 0. The van der Waals surface area contributed by atoms with Gasteiger partial charge in [0.2, 0.25) is 0 Å². The third-order valence-electron chi connectivity index (χ3n) is 2.12. The number of methoxy groups -OCH3 is 1. The molecule has 2 aromatic rings. The van der Waals surface area contributed by atoms with Crippen LogP contribution in [0.3, 0.4) is 0 Å². The Kier molecular flexibility index (Phi) is 1.94. The fourth-order valence-electron chi connectivity index (χ4n) is 1.50. The topological polar surface area (TPSA) is 34.4 Å². The van der Waals surface area contributed by atoms with E-state index in [-0.39, 0.29) is 6.73 Å². The predicted octanol–water partition coefficient (Wildman–Crippen LogP) is 1.60. The Morgan fingerprint density at radius 2 is 2.15 bits per heavy atom. The van der Waals surface area contributed by atoms with Crippen LogP contribution in [0.5, 0.6) is 5.88 Å². The number of aliphatic hydroxyl groups is 1. The second-order valence-corrected chi connectivity index (χ2v) is 2.81. The average Bonchev–Trinajstić information content (AvgIpc) is 2.55. The third kappa shape index (κ3) is 1.17. The van der Waals surface area contributed by atoms with E-state index in [4.69, 9.17) is 9.84 Å². The first-order valence-corrected chi connectivity index (χ1v) is 4.10. The molecule has 0 saturated heterocycles. The highest BCUT2D eigenvalue weighted by molar-refractivity contribution is 5.82. The maximum absolute atomic E-state index is 9.12. The summed E-state index contributed by atoms with van der Waals surface area (Å²) in [6.07, 6.45) is 0.